The van der Waals surface area contributed by atoms with E-state index in [4.69, 9.17) is 20.4 Å². The van der Waals surface area contributed by atoms with Crippen LogP contribution in [0.1, 0.15) is 23.7 Å². The van der Waals surface area contributed by atoms with E-state index in [1.165, 1.54) is 0 Å². The molecule has 0 radical (unpaired) electrons. The molecule has 0 bridgehead atoms. The van der Waals surface area contributed by atoms with Crippen LogP contribution in [0.25, 0.3) is 11.1 Å². The molecule has 0 amide bonds. The number of anilines is 1. The van der Waals surface area contributed by atoms with Crippen molar-refractivity contribution in [2.24, 2.45) is 17.6 Å². The molecule has 1 aromatic carbocycles. The van der Waals surface area contributed by atoms with E-state index >= 15 is 0 Å². The van der Waals surface area contributed by atoms with Gasteiger partial charge in [0.1, 0.15) is 17.4 Å². The standard InChI is InChI=1S/C23H22FN5O/c1-2-12-6-13(24)7-16-15(12)8-19-20(16)22(29-10-17-18(11-29)21(17)25)28-23(27-19)30-14-4-3-5-26-9-14/h3-7,9,17-18,21H,2,8,10-11,25H2,1H3. The fraction of sp³-hybridized carbons (Fsp3) is 0.348. The molecule has 2 aliphatic carbocycles. The molecule has 1 aliphatic heterocycles. The summed E-state index contributed by atoms with van der Waals surface area (Å²) in [5.74, 6) is 2.22. The van der Waals surface area contributed by atoms with Gasteiger partial charge in [0.25, 0.3) is 0 Å². The summed E-state index contributed by atoms with van der Waals surface area (Å²) in [6.45, 7) is 3.79. The van der Waals surface area contributed by atoms with Crippen LogP contribution in [0.15, 0.2) is 36.7 Å². The van der Waals surface area contributed by atoms with E-state index in [9.17, 15) is 4.39 Å². The van der Waals surface area contributed by atoms with E-state index in [1.807, 2.05) is 12.1 Å². The quantitative estimate of drug-likeness (QED) is 0.563. The minimum absolute atomic E-state index is 0.216. The zero-order chi connectivity index (χ0) is 20.4. The minimum atomic E-state index is -0.216. The van der Waals surface area contributed by atoms with E-state index in [0.29, 0.717) is 36.1 Å². The summed E-state index contributed by atoms with van der Waals surface area (Å²) < 4.78 is 20.3. The summed E-state index contributed by atoms with van der Waals surface area (Å²) in [5.41, 5.74) is 11.1. The number of rotatable bonds is 4. The Bertz CT molecular complexity index is 1140. The lowest BCUT2D eigenvalue weighted by Crippen LogP contribution is -2.29. The molecule has 1 saturated carbocycles. The maximum absolute atomic E-state index is 14.4. The lowest BCUT2D eigenvalue weighted by Gasteiger charge is -2.23. The number of hydrogen-bond donors (Lipinski definition) is 1. The van der Waals surface area contributed by atoms with Crippen molar-refractivity contribution in [3.8, 4) is 22.9 Å². The summed E-state index contributed by atoms with van der Waals surface area (Å²) in [6.07, 6.45) is 4.77. The third kappa shape index (κ3) is 2.69. The number of benzene rings is 1. The SMILES string of the molecule is CCc1cc(F)cc2c1Cc1nc(Oc3cccnc3)nc(N3CC4C(N)C4C3)c1-2. The first-order chi connectivity index (χ1) is 14.6. The highest BCUT2D eigenvalue weighted by molar-refractivity contribution is 5.85. The molecular weight excluding hydrogens is 381 g/mol. The van der Waals surface area contributed by atoms with Gasteiger partial charge in [0.05, 0.1) is 11.9 Å². The van der Waals surface area contributed by atoms with Crippen LogP contribution in [-0.4, -0.2) is 34.1 Å². The number of aromatic nitrogens is 3. The van der Waals surface area contributed by atoms with E-state index in [-0.39, 0.29) is 5.82 Å². The van der Waals surface area contributed by atoms with Gasteiger partial charge in [-0.25, -0.2) is 4.39 Å². The largest absolute Gasteiger partial charge is 0.423 e. The average Bonchev–Trinajstić information content (AvgIpc) is 3.11. The molecule has 7 heteroatoms. The first-order valence-corrected chi connectivity index (χ1v) is 10.4. The first kappa shape index (κ1) is 17.8. The monoisotopic (exact) mass is 403 g/mol. The fourth-order valence-corrected chi connectivity index (χ4v) is 5.02. The zero-order valence-electron chi connectivity index (χ0n) is 16.7. The van der Waals surface area contributed by atoms with E-state index in [2.05, 4.69) is 16.8 Å². The van der Waals surface area contributed by atoms with Crippen molar-refractivity contribution in [1.29, 1.82) is 0 Å². The molecule has 152 valence electrons. The number of nitrogens with two attached hydrogens (primary N) is 1. The predicted molar refractivity (Wildman–Crippen MR) is 111 cm³/mol. The maximum atomic E-state index is 14.4. The van der Waals surface area contributed by atoms with Gasteiger partial charge < -0.3 is 15.4 Å². The van der Waals surface area contributed by atoms with Gasteiger partial charge in [-0.2, -0.15) is 9.97 Å². The third-order valence-corrected chi connectivity index (χ3v) is 6.65. The molecule has 30 heavy (non-hydrogen) atoms. The summed E-state index contributed by atoms with van der Waals surface area (Å²) in [7, 11) is 0. The molecular formula is C23H22FN5O. The number of halogens is 1. The van der Waals surface area contributed by atoms with Crippen LogP contribution >= 0.6 is 0 Å². The fourth-order valence-electron chi connectivity index (χ4n) is 5.02. The van der Waals surface area contributed by atoms with Gasteiger partial charge in [-0.3, -0.25) is 4.98 Å². The number of piperidine rings is 1. The molecule has 2 fully saturated rings. The van der Waals surface area contributed by atoms with Gasteiger partial charge in [0, 0.05) is 37.3 Å². The molecule has 3 aliphatic rings. The van der Waals surface area contributed by atoms with Gasteiger partial charge in [-0.15, -0.1) is 0 Å². The lowest BCUT2D eigenvalue weighted by atomic mass is 9.99. The van der Waals surface area contributed by atoms with Gasteiger partial charge >= 0.3 is 6.01 Å². The number of pyridine rings is 1. The van der Waals surface area contributed by atoms with Crippen LogP contribution < -0.4 is 15.4 Å². The van der Waals surface area contributed by atoms with E-state index < -0.39 is 0 Å². The number of hydrogen-bond acceptors (Lipinski definition) is 6. The predicted octanol–water partition coefficient (Wildman–Crippen LogP) is 3.33. The van der Waals surface area contributed by atoms with Crippen molar-refractivity contribution in [1.82, 2.24) is 15.0 Å². The van der Waals surface area contributed by atoms with Crippen molar-refractivity contribution >= 4 is 5.82 Å². The Balaban J connectivity index is 1.47. The zero-order valence-corrected chi connectivity index (χ0v) is 16.7. The van der Waals surface area contributed by atoms with Crippen molar-refractivity contribution in [3.63, 3.8) is 0 Å². The Hall–Kier alpha value is -3.06. The average molecular weight is 403 g/mol. The first-order valence-electron chi connectivity index (χ1n) is 10.4. The molecule has 3 aromatic rings. The second-order valence-corrected chi connectivity index (χ2v) is 8.37. The number of nitrogens with zero attached hydrogens (tertiary/aromatic N) is 4. The summed E-state index contributed by atoms with van der Waals surface area (Å²) in [5, 5.41) is 0. The number of fused-ring (bicyclic) bond motifs is 4. The van der Waals surface area contributed by atoms with Crippen molar-refractivity contribution in [3.05, 3.63) is 59.3 Å². The normalized spacial score (nSPS) is 23.2. The highest BCUT2D eigenvalue weighted by atomic mass is 19.1. The van der Waals surface area contributed by atoms with Crippen LogP contribution in [0.3, 0.4) is 0 Å². The van der Waals surface area contributed by atoms with Gasteiger partial charge in [0.15, 0.2) is 0 Å². The van der Waals surface area contributed by atoms with Gasteiger partial charge in [0.2, 0.25) is 0 Å². The minimum Gasteiger partial charge on any atom is -0.423 e. The highest BCUT2D eigenvalue weighted by Crippen LogP contribution is 2.49. The number of ether oxygens (including phenoxy) is 1. The Morgan fingerprint density at radius 2 is 2.07 bits per heavy atom. The van der Waals surface area contributed by atoms with Gasteiger partial charge in [-0.05, 0) is 59.2 Å². The Morgan fingerprint density at radius 3 is 2.80 bits per heavy atom. The summed E-state index contributed by atoms with van der Waals surface area (Å²) >= 11 is 0. The smallest absolute Gasteiger partial charge is 0.324 e. The highest BCUT2D eigenvalue weighted by Gasteiger charge is 2.54. The van der Waals surface area contributed by atoms with Crippen LogP contribution in [0, 0.1) is 17.7 Å². The topological polar surface area (TPSA) is 77.2 Å². The summed E-state index contributed by atoms with van der Waals surface area (Å²) in [4.78, 5) is 15.9. The second kappa shape index (κ2) is 6.47. The molecule has 6 nitrogen and oxygen atoms in total. The molecule has 0 spiro atoms. The number of aryl methyl sites for hydroxylation is 1. The van der Waals surface area contributed by atoms with Crippen LogP contribution in [-0.2, 0) is 12.8 Å². The van der Waals surface area contributed by atoms with Crippen molar-refractivity contribution < 1.29 is 9.13 Å². The Labute approximate surface area is 173 Å². The lowest BCUT2D eigenvalue weighted by molar-refractivity contribution is 0.438. The third-order valence-electron chi connectivity index (χ3n) is 6.65. The van der Waals surface area contributed by atoms with E-state index in [0.717, 1.165) is 53.3 Å². The van der Waals surface area contributed by atoms with E-state index in [1.54, 1.807) is 24.5 Å². The summed E-state index contributed by atoms with van der Waals surface area (Å²) in [6, 6.07) is 7.48. The van der Waals surface area contributed by atoms with Gasteiger partial charge in [-0.1, -0.05) is 6.92 Å². The van der Waals surface area contributed by atoms with Crippen molar-refractivity contribution in [2.75, 3.05) is 18.0 Å². The molecule has 3 heterocycles. The maximum Gasteiger partial charge on any atom is 0.324 e. The molecule has 6 rings (SSSR count). The molecule has 2 N–H and O–H groups in total. The molecule has 1 saturated heterocycles. The van der Waals surface area contributed by atoms with Crippen LogP contribution in [0.4, 0.5) is 10.2 Å². The second-order valence-electron chi connectivity index (χ2n) is 8.37. The van der Waals surface area contributed by atoms with Crippen LogP contribution in [0.5, 0.6) is 11.8 Å². The molecule has 2 aromatic heterocycles. The van der Waals surface area contributed by atoms with Crippen LogP contribution in [0.2, 0.25) is 0 Å². The van der Waals surface area contributed by atoms with Crippen molar-refractivity contribution in [2.45, 2.75) is 25.8 Å². The Morgan fingerprint density at radius 1 is 1.23 bits per heavy atom. The molecule has 2 atom stereocenters. The molecule has 2 unspecified atom stereocenters. The Kier molecular flexibility index (Phi) is 3.83.